The van der Waals surface area contributed by atoms with E-state index in [2.05, 4.69) is 22.5 Å². The van der Waals surface area contributed by atoms with Gasteiger partial charge in [-0.2, -0.15) is 0 Å². The number of aromatic nitrogens is 1. The van der Waals surface area contributed by atoms with Crippen LogP contribution >= 0.6 is 0 Å². The van der Waals surface area contributed by atoms with Crippen LogP contribution in [0.1, 0.15) is 31.0 Å². The van der Waals surface area contributed by atoms with Gasteiger partial charge in [0.2, 0.25) is 5.91 Å². The molecule has 0 atom stereocenters. The van der Waals surface area contributed by atoms with E-state index < -0.39 is 0 Å². The first-order valence-electron chi connectivity index (χ1n) is 10.9. The number of nitrogens with one attached hydrogen (secondary N) is 2. The zero-order valence-electron chi connectivity index (χ0n) is 18.1. The lowest BCUT2D eigenvalue weighted by Crippen LogP contribution is -2.24. The van der Waals surface area contributed by atoms with E-state index in [0.29, 0.717) is 13.2 Å². The van der Waals surface area contributed by atoms with Crippen molar-refractivity contribution < 1.29 is 9.53 Å². The highest BCUT2D eigenvalue weighted by Crippen LogP contribution is 2.22. The van der Waals surface area contributed by atoms with Gasteiger partial charge in [-0.05, 0) is 42.3 Å². The van der Waals surface area contributed by atoms with Crippen molar-refractivity contribution >= 4 is 5.91 Å². The van der Waals surface area contributed by atoms with E-state index in [1.54, 1.807) is 0 Å². The largest absolute Gasteiger partial charge is 0.492 e. The molecule has 5 nitrogen and oxygen atoms in total. The molecule has 0 aliphatic heterocycles. The number of unbranched alkanes of at least 4 members (excludes halogenated alkanes) is 1. The van der Waals surface area contributed by atoms with Crippen LogP contribution in [0.15, 0.2) is 72.9 Å². The maximum absolute atomic E-state index is 12.2. The molecule has 0 spiro atoms. The van der Waals surface area contributed by atoms with E-state index in [0.717, 1.165) is 41.2 Å². The Morgan fingerprint density at radius 2 is 1.71 bits per heavy atom. The summed E-state index contributed by atoms with van der Waals surface area (Å²) in [5.74, 6) is 0.829. The zero-order chi connectivity index (χ0) is 21.7. The Labute approximate surface area is 184 Å². The lowest BCUT2D eigenvalue weighted by Gasteiger charge is -2.09. The normalized spacial score (nSPS) is 10.6. The van der Waals surface area contributed by atoms with Crippen molar-refractivity contribution in [2.24, 2.45) is 0 Å². The number of rotatable bonds is 12. The van der Waals surface area contributed by atoms with Crippen LogP contribution < -0.4 is 15.4 Å². The Bertz CT molecular complexity index is 910. The molecule has 0 fully saturated rings. The van der Waals surface area contributed by atoms with E-state index in [1.807, 2.05) is 72.9 Å². The van der Waals surface area contributed by atoms with Crippen LogP contribution in [0.4, 0.5) is 0 Å². The molecule has 0 unspecified atom stereocenters. The molecule has 2 aromatic carbocycles. The number of amides is 1. The number of ether oxygens (including phenoxy) is 1. The van der Waals surface area contributed by atoms with Gasteiger partial charge in [-0.15, -0.1) is 0 Å². The third kappa shape index (κ3) is 7.87. The topological polar surface area (TPSA) is 63.2 Å². The number of hydrogen-bond acceptors (Lipinski definition) is 4. The van der Waals surface area contributed by atoms with Gasteiger partial charge in [0.25, 0.3) is 0 Å². The Kier molecular flexibility index (Phi) is 9.07. The second kappa shape index (κ2) is 12.5. The van der Waals surface area contributed by atoms with E-state index in [-0.39, 0.29) is 12.3 Å². The quantitative estimate of drug-likeness (QED) is 0.430. The first-order valence-corrected chi connectivity index (χ1v) is 10.9. The van der Waals surface area contributed by atoms with Crippen LogP contribution in [-0.4, -0.2) is 30.6 Å². The van der Waals surface area contributed by atoms with Crippen molar-refractivity contribution in [2.75, 3.05) is 19.7 Å². The molecule has 31 heavy (non-hydrogen) atoms. The fourth-order valence-corrected chi connectivity index (χ4v) is 3.13. The molecular formula is C26H31N3O2. The maximum atomic E-state index is 12.2. The van der Waals surface area contributed by atoms with Crippen LogP contribution in [0.2, 0.25) is 0 Å². The van der Waals surface area contributed by atoms with Gasteiger partial charge in [0, 0.05) is 30.5 Å². The molecule has 1 aromatic heterocycles. The molecule has 0 saturated heterocycles. The van der Waals surface area contributed by atoms with Gasteiger partial charge in [-0.1, -0.05) is 61.9 Å². The van der Waals surface area contributed by atoms with Gasteiger partial charge in [0.15, 0.2) is 0 Å². The van der Waals surface area contributed by atoms with E-state index in [4.69, 9.17) is 4.74 Å². The fourth-order valence-electron chi connectivity index (χ4n) is 3.13. The Balaban J connectivity index is 1.44. The minimum Gasteiger partial charge on any atom is -0.492 e. The molecule has 1 amide bonds. The molecule has 0 bridgehead atoms. The van der Waals surface area contributed by atoms with Gasteiger partial charge in [0.1, 0.15) is 12.4 Å². The second-order valence-electron chi connectivity index (χ2n) is 7.45. The lowest BCUT2D eigenvalue weighted by molar-refractivity contribution is -0.120. The lowest BCUT2D eigenvalue weighted by atomic mass is 10.1. The van der Waals surface area contributed by atoms with Crippen LogP contribution in [0.25, 0.3) is 11.1 Å². The predicted molar refractivity (Wildman–Crippen MR) is 125 cm³/mol. The van der Waals surface area contributed by atoms with E-state index in [1.165, 1.54) is 12.8 Å². The smallest absolute Gasteiger partial charge is 0.226 e. The highest BCUT2D eigenvalue weighted by molar-refractivity contribution is 5.78. The summed E-state index contributed by atoms with van der Waals surface area (Å²) in [6.07, 6.45) is 4.48. The molecule has 0 radical (unpaired) electrons. The monoisotopic (exact) mass is 417 g/mol. The summed E-state index contributed by atoms with van der Waals surface area (Å²) in [4.78, 5) is 16.6. The van der Waals surface area contributed by atoms with Gasteiger partial charge in [0.05, 0.1) is 6.42 Å². The Morgan fingerprint density at radius 3 is 2.42 bits per heavy atom. The van der Waals surface area contributed by atoms with E-state index >= 15 is 0 Å². The molecular weight excluding hydrogens is 386 g/mol. The van der Waals surface area contributed by atoms with Gasteiger partial charge in [-0.3, -0.25) is 9.78 Å². The molecule has 3 aromatic rings. The standard InChI is InChI=1S/C26H31N3O2/c1-2-3-15-27-16-17-31-25-13-10-22(11-14-25)23-9-12-24(28-20-23)18-26(30)29-19-21-7-5-4-6-8-21/h4-14,20,27H,2-3,15-19H2,1H3,(H,29,30). The molecule has 3 rings (SSSR count). The molecule has 5 heteroatoms. The molecule has 1 heterocycles. The number of benzene rings is 2. The highest BCUT2D eigenvalue weighted by Gasteiger charge is 2.06. The fraction of sp³-hybridized carbons (Fsp3) is 0.308. The Morgan fingerprint density at radius 1 is 0.935 bits per heavy atom. The summed E-state index contributed by atoms with van der Waals surface area (Å²) in [5.41, 5.74) is 3.92. The van der Waals surface area contributed by atoms with Crippen molar-refractivity contribution in [1.82, 2.24) is 15.6 Å². The van der Waals surface area contributed by atoms with Crippen molar-refractivity contribution in [3.05, 3.63) is 84.2 Å². The summed E-state index contributed by atoms with van der Waals surface area (Å²) < 4.78 is 5.77. The number of pyridine rings is 1. The zero-order valence-corrected chi connectivity index (χ0v) is 18.1. The SMILES string of the molecule is CCCCNCCOc1ccc(-c2ccc(CC(=O)NCc3ccccc3)nc2)cc1. The average molecular weight is 418 g/mol. The predicted octanol–water partition coefficient (Wildman–Crippen LogP) is 4.38. The highest BCUT2D eigenvalue weighted by atomic mass is 16.5. The number of hydrogen-bond donors (Lipinski definition) is 2. The third-order valence-electron chi connectivity index (χ3n) is 4.94. The summed E-state index contributed by atoms with van der Waals surface area (Å²) >= 11 is 0. The van der Waals surface area contributed by atoms with E-state index in [9.17, 15) is 4.79 Å². The van der Waals surface area contributed by atoms with Gasteiger partial charge < -0.3 is 15.4 Å². The van der Waals surface area contributed by atoms with Gasteiger partial charge >= 0.3 is 0 Å². The van der Waals surface area contributed by atoms with Crippen LogP contribution in [0.5, 0.6) is 5.75 Å². The second-order valence-corrected chi connectivity index (χ2v) is 7.45. The van der Waals surface area contributed by atoms with Crippen LogP contribution in [0.3, 0.4) is 0 Å². The molecule has 2 N–H and O–H groups in total. The van der Waals surface area contributed by atoms with Crippen LogP contribution in [0, 0.1) is 0 Å². The molecule has 0 aliphatic rings. The summed E-state index contributed by atoms with van der Waals surface area (Å²) in [7, 11) is 0. The molecule has 0 saturated carbocycles. The number of nitrogens with zero attached hydrogens (tertiary/aromatic N) is 1. The van der Waals surface area contributed by atoms with Crippen molar-refractivity contribution in [3.63, 3.8) is 0 Å². The molecule has 162 valence electrons. The summed E-state index contributed by atoms with van der Waals surface area (Å²) in [6, 6.07) is 21.8. The van der Waals surface area contributed by atoms with Crippen molar-refractivity contribution in [2.45, 2.75) is 32.7 Å². The van der Waals surface area contributed by atoms with Crippen molar-refractivity contribution in [3.8, 4) is 16.9 Å². The minimum atomic E-state index is -0.0326. The van der Waals surface area contributed by atoms with Crippen LogP contribution in [-0.2, 0) is 17.8 Å². The van der Waals surface area contributed by atoms with Crippen molar-refractivity contribution in [1.29, 1.82) is 0 Å². The maximum Gasteiger partial charge on any atom is 0.226 e. The average Bonchev–Trinajstić information content (AvgIpc) is 2.82. The Hall–Kier alpha value is -3.18. The number of carbonyl (C=O) groups is 1. The third-order valence-corrected chi connectivity index (χ3v) is 4.94. The number of carbonyl (C=O) groups excluding carboxylic acids is 1. The minimum absolute atomic E-state index is 0.0326. The summed E-state index contributed by atoms with van der Waals surface area (Å²) in [5, 5.41) is 6.30. The molecule has 0 aliphatic carbocycles. The first kappa shape index (κ1) is 22.5. The summed E-state index contributed by atoms with van der Waals surface area (Å²) in [6.45, 7) is 5.27. The van der Waals surface area contributed by atoms with Gasteiger partial charge in [-0.25, -0.2) is 0 Å². The first-order chi connectivity index (χ1) is 15.2.